The van der Waals surface area contributed by atoms with Gasteiger partial charge in [0.25, 0.3) is 5.91 Å². The van der Waals surface area contributed by atoms with Crippen molar-refractivity contribution in [3.63, 3.8) is 0 Å². The van der Waals surface area contributed by atoms with Crippen molar-refractivity contribution in [3.8, 4) is 11.4 Å². The van der Waals surface area contributed by atoms with E-state index < -0.39 is 47.9 Å². The lowest BCUT2D eigenvalue weighted by Gasteiger charge is -2.38. The van der Waals surface area contributed by atoms with Gasteiger partial charge < -0.3 is 34.6 Å². The molecule has 6 rings (SSSR count). The number of aromatic nitrogens is 3. The van der Waals surface area contributed by atoms with Gasteiger partial charge in [0.15, 0.2) is 11.9 Å². The number of hydrogen-bond acceptors (Lipinski definition) is 10. The highest BCUT2D eigenvalue weighted by molar-refractivity contribution is 6.33. The van der Waals surface area contributed by atoms with Crippen LogP contribution in [0.5, 0.6) is 0 Å². The average molecular weight is 800 g/mol. The maximum atomic E-state index is 14.0. The first-order chi connectivity index (χ1) is 26.8. The van der Waals surface area contributed by atoms with Gasteiger partial charge in [0.2, 0.25) is 0 Å². The van der Waals surface area contributed by atoms with Gasteiger partial charge in [0.1, 0.15) is 6.61 Å². The number of piperidine rings is 1. The van der Waals surface area contributed by atoms with E-state index in [1.54, 1.807) is 24.3 Å². The fourth-order valence-electron chi connectivity index (χ4n) is 6.72. The van der Waals surface area contributed by atoms with Crippen LogP contribution in [0, 0.1) is 0 Å². The molecule has 3 N–H and O–H groups in total. The number of alkyl halides is 3. The Labute approximate surface area is 324 Å². The van der Waals surface area contributed by atoms with Gasteiger partial charge in [-0.2, -0.15) is 13.2 Å². The number of methoxy groups -OCH3 is 1. The van der Waals surface area contributed by atoms with Crippen LogP contribution in [0.15, 0.2) is 71.5 Å². The number of likely N-dealkylation sites (tertiary alicyclic amines) is 1. The molecule has 18 heteroatoms. The third-order valence-electron chi connectivity index (χ3n) is 9.77. The number of ether oxygens (including phenoxy) is 3. The van der Waals surface area contributed by atoms with Crippen molar-refractivity contribution in [2.75, 3.05) is 70.2 Å². The Morgan fingerprint density at radius 1 is 0.946 bits per heavy atom. The zero-order chi connectivity index (χ0) is 40.0. The molecule has 2 amide bonds. The number of halogens is 4. The van der Waals surface area contributed by atoms with Gasteiger partial charge in [-0.3, -0.25) is 9.78 Å². The van der Waals surface area contributed by atoms with Gasteiger partial charge in [0, 0.05) is 64.0 Å². The molecule has 2 fully saturated rings. The van der Waals surface area contributed by atoms with Crippen LogP contribution in [0.3, 0.4) is 0 Å². The number of amides is 2. The Hall–Kier alpha value is -5.55. The molecule has 0 bridgehead atoms. The average Bonchev–Trinajstić information content (AvgIpc) is 3.60. The molecule has 2 saturated heterocycles. The van der Waals surface area contributed by atoms with Crippen molar-refractivity contribution in [2.45, 2.75) is 37.6 Å². The summed E-state index contributed by atoms with van der Waals surface area (Å²) < 4.78 is 58.8. The molecule has 0 unspecified atom stereocenters. The number of rotatable bonds is 11. The number of anilines is 2. The first-order valence-electron chi connectivity index (χ1n) is 18.0. The van der Waals surface area contributed by atoms with Crippen LogP contribution in [0.4, 0.5) is 29.3 Å². The van der Waals surface area contributed by atoms with Gasteiger partial charge >= 0.3 is 23.9 Å². The van der Waals surface area contributed by atoms with Crippen molar-refractivity contribution in [3.05, 3.63) is 98.9 Å². The second kappa shape index (κ2) is 17.5. The van der Waals surface area contributed by atoms with E-state index in [0.29, 0.717) is 37.3 Å². The molecule has 0 aliphatic carbocycles. The minimum absolute atomic E-state index is 0.00739. The molecule has 2 aliphatic heterocycles. The Balaban J connectivity index is 1.13. The molecule has 0 radical (unpaired) electrons. The summed E-state index contributed by atoms with van der Waals surface area (Å²) in [6.45, 7) is 1.99. The number of H-pyrrole nitrogens is 1. The summed E-state index contributed by atoms with van der Waals surface area (Å²) in [7, 11) is 1.51. The van der Waals surface area contributed by atoms with E-state index in [1.165, 1.54) is 27.7 Å². The molecule has 0 saturated carbocycles. The number of carbonyl (C=O) groups is 3. The molecule has 14 nitrogen and oxygen atoms in total. The summed E-state index contributed by atoms with van der Waals surface area (Å²) in [5.74, 6) is -0.644. The van der Waals surface area contributed by atoms with E-state index in [0.717, 1.165) is 17.3 Å². The molecular formula is C38H41ClF3N7O7. The van der Waals surface area contributed by atoms with Crippen LogP contribution in [-0.4, -0.2) is 108 Å². The molecule has 4 aromatic rings. The second-order valence-corrected chi connectivity index (χ2v) is 13.8. The van der Waals surface area contributed by atoms with E-state index in [9.17, 15) is 32.3 Å². The second-order valence-electron chi connectivity index (χ2n) is 13.4. The largest absolute Gasteiger partial charge is 0.460 e. The highest BCUT2D eigenvalue weighted by Crippen LogP contribution is 2.38. The topological polar surface area (TPSA) is 165 Å². The Kier molecular flexibility index (Phi) is 12.5. The monoisotopic (exact) mass is 799 g/mol. The van der Waals surface area contributed by atoms with E-state index >= 15 is 0 Å². The highest BCUT2D eigenvalue weighted by Gasteiger charge is 2.37. The number of nitrogens with zero attached hydrogens (tertiary/aromatic N) is 5. The lowest BCUT2D eigenvalue weighted by Crippen LogP contribution is -2.53. The first-order valence-corrected chi connectivity index (χ1v) is 18.3. The van der Waals surface area contributed by atoms with Gasteiger partial charge in [-0.1, -0.05) is 41.9 Å². The van der Waals surface area contributed by atoms with Crippen LogP contribution in [0.25, 0.3) is 11.4 Å². The number of piperazine rings is 1. The Morgan fingerprint density at radius 3 is 2.27 bits per heavy atom. The molecule has 2 aliphatic rings. The summed E-state index contributed by atoms with van der Waals surface area (Å²) in [6.07, 6.45) is -6.78. The van der Waals surface area contributed by atoms with Gasteiger partial charge in [-0.15, -0.1) is 5.10 Å². The number of aromatic amines is 1. The van der Waals surface area contributed by atoms with E-state index in [2.05, 4.69) is 10.1 Å². The SMILES string of the molecule is COCCOC(=O)c1ccc(N2CCN(C(=O)[C@@H](Cc3cc(Cl)c(N)c(C(F)(F)F)c3)OC(=O)N3CCC(n4nc(-c5ccccc5)[nH]c4=O)CC3)CC2)cc1. The maximum Gasteiger partial charge on any atom is 0.418 e. The standard InChI is InChI=1S/C38H41ClF3N7O7/c1-54-19-20-55-35(51)26-7-9-27(10-8-26)46-15-17-47(18-16-46)34(50)31(23-24-21-29(38(40,41)42)32(43)30(39)22-24)56-37(53)48-13-11-28(12-14-48)49-36(52)44-33(45-49)25-5-3-2-4-6-25/h2-10,21-22,28,31H,11-20,23,43H2,1H3,(H,44,45,52)/t31-/m1/s1. The van der Waals surface area contributed by atoms with Gasteiger partial charge in [-0.05, 0) is 54.8 Å². The number of hydrogen-bond donors (Lipinski definition) is 2. The van der Waals surface area contributed by atoms with Gasteiger partial charge in [-0.25, -0.2) is 19.1 Å². The molecule has 1 aromatic heterocycles. The smallest absolute Gasteiger partial charge is 0.418 e. The highest BCUT2D eigenvalue weighted by atomic mass is 35.5. The molecule has 298 valence electrons. The van der Waals surface area contributed by atoms with Crippen molar-refractivity contribution < 1.29 is 41.8 Å². The molecule has 3 aromatic carbocycles. The van der Waals surface area contributed by atoms with Crippen molar-refractivity contribution in [1.29, 1.82) is 0 Å². The summed E-state index contributed by atoms with van der Waals surface area (Å²) in [4.78, 5) is 60.4. The minimum Gasteiger partial charge on any atom is -0.460 e. The van der Waals surface area contributed by atoms with Crippen LogP contribution in [0.1, 0.15) is 40.4 Å². The number of nitrogens with one attached hydrogen (secondary N) is 1. The normalized spacial score (nSPS) is 15.8. The van der Waals surface area contributed by atoms with Crippen LogP contribution in [-0.2, 0) is 31.6 Å². The maximum absolute atomic E-state index is 14.0. The Morgan fingerprint density at radius 2 is 1.62 bits per heavy atom. The summed E-state index contributed by atoms with van der Waals surface area (Å²) in [5.41, 5.74) is 5.39. The van der Waals surface area contributed by atoms with E-state index in [4.69, 9.17) is 31.5 Å². The number of carbonyl (C=O) groups excluding carboxylic acids is 3. The predicted octanol–water partition coefficient (Wildman–Crippen LogP) is 5.03. The van der Waals surface area contributed by atoms with Crippen molar-refractivity contribution in [1.82, 2.24) is 24.6 Å². The molecule has 1 atom stereocenters. The first kappa shape index (κ1) is 40.1. The van der Waals surface area contributed by atoms with Crippen LogP contribution >= 0.6 is 11.6 Å². The molecule has 3 heterocycles. The number of nitrogens with two attached hydrogens (primary N) is 1. The van der Waals surface area contributed by atoms with E-state index in [-0.39, 0.29) is 61.7 Å². The lowest BCUT2D eigenvalue weighted by atomic mass is 10.0. The van der Waals surface area contributed by atoms with Crippen molar-refractivity contribution in [2.24, 2.45) is 0 Å². The molecular weight excluding hydrogens is 759 g/mol. The zero-order valence-corrected chi connectivity index (χ0v) is 31.2. The minimum atomic E-state index is -4.82. The quantitative estimate of drug-likeness (QED) is 0.120. The fourth-order valence-corrected chi connectivity index (χ4v) is 6.96. The Bertz CT molecular complexity index is 2060. The zero-order valence-electron chi connectivity index (χ0n) is 30.5. The van der Waals surface area contributed by atoms with Crippen LogP contribution in [0.2, 0.25) is 5.02 Å². The number of nitrogen functional groups attached to an aromatic ring is 1. The third-order valence-corrected chi connectivity index (χ3v) is 10.1. The van der Waals surface area contributed by atoms with Gasteiger partial charge in [0.05, 0.1) is 34.5 Å². The summed E-state index contributed by atoms with van der Waals surface area (Å²) >= 11 is 6.10. The number of benzene rings is 3. The summed E-state index contributed by atoms with van der Waals surface area (Å²) in [6, 6.07) is 17.7. The lowest BCUT2D eigenvalue weighted by molar-refractivity contribution is -0.141. The van der Waals surface area contributed by atoms with Crippen molar-refractivity contribution >= 4 is 40.9 Å². The van der Waals surface area contributed by atoms with E-state index in [1.807, 2.05) is 35.2 Å². The third kappa shape index (κ3) is 9.45. The molecule has 56 heavy (non-hydrogen) atoms. The van der Waals surface area contributed by atoms with Crippen LogP contribution < -0.4 is 16.3 Å². The molecule has 0 spiro atoms. The summed E-state index contributed by atoms with van der Waals surface area (Å²) in [5, 5.41) is 4.12. The fraction of sp³-hybridized carbons (Fsp3) is 0.395. The number of esters is 1. The predicted molar refractivity (Wildman–Crippen MR) is 200 cm³/mol.